The summed E-state index contributed by atoms with van der Waals surface area (Å²) in [6, 6.07) is 17.3. The van der Waals surface area contributed by atoms with Crippen molar-refractivity contribution in [1.29, 1.82) is 0 Å². The molecule has 0 N–H and O–H groups in total. The third-order valence-corrected chi connectivity index (χ3v) is 2.52. The number of rotatable bonds is 3. The third kappa shape index (κ3) is 3.97. The molecule has 2 rings (SSSR count). The number of esters is 1. The van der Waals surface area contributed by atoms with E-state index >= 15 is 0 Å². The first-order valence-electron chi connectivity index (χ1n) is 5.70. The Hall–Kier alpha value is -1.53. The molecule has 95 valence electrons. The molecule has 0 aliphatic rings. The van der Waals surface area contributed by atoms with Gasteiger partial charge < -0.3 is 4.74 Å². The van der Waals surface area contributed by atoms with Gasteiger partial charge in [0, 0.05) is 35.6 Å². The Morgan fingerprint density at radius 1 is 1.00 bits per heavy atom. The van der Waals surface area contributed by atoms with Crippen LogP contribution < -0.4 is 4.74 Å². The van der Waals surface area contributed by atoms with Crippen LogP contribution in [0.15, 0.2) is 66.7 Å². The molecule has 0 saturated heterocycles. The van der Waals surface area contributed by atoms with E-state index in [1.165, 1.54) is 0 Å². The molecule has 0 spiro atoms. The number of hydrogen-bond donors (Lipinski definition) is 0. The van der Waals surface area contributed by atoms with Crippen molar-refractivity contribution >= 4 is 30.4 Å². The third-order valence-electron chi connectivity index (χ3n) is 2.52. The fourth-order valence-electron chi connectivity index (χ4n) is 1.60. The van der Waals surface area contributed by atoms with E-state index in [0.717, 1.165) is 11.1 Å². The second-order valence-electron chi connectivity index (χ2n) is 4.03. The monoisotopic (exact) mass is 359 g/mol. The van der Waals surface area contributed by atoms with E-state index in [9.17, 15) is 4.79 Å². The van der Waals surface area contributed by atoms with E-state index in [1.54, 1.807) is 13.0 Å². The van der Waals surface area contributed by atoms with Crippen LogP contribution in [0, 0.1) is 0 Å². The number of benzene rings is 2. The van der Waals surface area contributed by atoms with Crippen molar-refractivity contribution in [3.63, 3.8) is 0 Å². The van der Waals surface area contributed by atoms with Gasteiger partial charge in [-0.25, -0.2) is 4.79 Å². The molecule has 0 atom stereocenters. The average Bonchev–Trinajstić information content (AvgIpc) is 2.40. The number of ether oxygens (including phenoxy) is 1. The Kier molecular flexibility index (Phi) is 5.85. The molecule has 0 aromatic heterocycles. The van der Waals surface area contributed by atoms with Gasteiger partial charge in [-0.05, 0) is 18.6 Å². The Balaban J connectivity index is 0.00000180. The maximum atomic E-state index is 11.6. The van der Waals surface area contributed by atoms with Crippen molar-refractivity contribution in [2.75, 3.05) is 0 Å². The second-order valence-corrected chi connectivity index (χ2v) is 4.03. The molecule has 2 aromatic carbocycles. The van der Waals surface area contributed by atoms with Gasteiger partial charge in [0.2, 0.25) is 0 Å². The van der Waals surface area contributed by atoms with Gasteiger partial charge in [-0.2, -0.15) is 0 Å². The Morgan fingerprint density at radius 3 is 2.21 bits per heavy atom. The normalized spacial score (nSPS) is 9.32. The van der Waals surface area contributed by atoms with Crippen molar-refractivity contribution in [1.82, 2.24) is 0 Å². The van der Waals surface area contributed by atoms with E-state index in [2.05, 4.69) is 6.58 Å². The van der Waals surface area contributed by atoms with Crippen LogP contribution in [0.4, 0.5) is 0 Å². The molecule has 0 unspecified atom stereocenters. The van der Waals surface area contributed by atoms with E-state index in [1.807, 2.05) is 48.5 Å². The molecular weight excluding hydrogens is 346 g/mol. The molecular formula is C16H14O2Sb. The smallest absolute Gasteiger partial charge is 0.338 e. The number of carbonyl (C=O) groups is 1. The molecule has 0 bridgehead atoms. The topological polar surface area (TPSA) is 26.3 Å². The summed E-state index contributed by atoms with van der Waals surface area (Å²) in [6.45, 7) is 5.21. The van der Waals surface area contributed by atoms with E-state index in [-0.39, 0.29) is 24.4 Å². The summed E-state index contributed by atoms with van der Waals surface area (Å²) >= 11 is 0. The SMILES string of the molecule is C=C(C)C(=O)Oc1ccccc1-c1ccccc1.[Sb]. The minimum absolute atomic E-state index is 0. The summed E-state index contributed by atoms with van der Waals surface area (Å²) in [5, 5.41) is 0. The molecule has 0 fully saturated rings. The van der Waals surface area contributed by atoms with Crippen LogP contribution in [0.2, 0.25) is 0 Å². The molecule has 2 aromatic rings. The van der Waals surface area contributed by atoms with Crippen molar-refractivity contribution in [2.45, 2.75) is 6.92 Å². The van der Waals surface area contributed by atoms with E-state index < -0.39 is 5.97 Å². The molecule has 3 heteroatoms. The van der Waals surface area contributed by atoms with Crippen LogP contribution in [0.25, 0.3) is 11.1 Å². The van der Waals surface area contributed by atoms with Crippen molar-refractivity contribution in [3.8, 4) is 16.9 Å². The zero-order chi connectivity index (χ0) is 13.0. The van der Waals surface area contributed by atoms with Crippen LogP contribution in [0.5, 0.6) is 5.75 Å². The minimum Gasteiger partial charge on any atom is -0.423 e. The first kappa shape index (κ1) is 15.5. The number of hydrogen-bond acceptors (Lipinski definition) is 2. The van der Waals surface area contributed by atoms with Crippen LogP contribution in [0.1, 0.15) is 6.92 Å². The molecule has 0 saturated carbocycles. The number of para-hydroxylation sites is 1. The molecule has 0 heterocycles. The van der Waals surface area contributed by atoms with Gasteiger partial charge in [0.1, 0.15) is 5.75 Å². The van der Waals surface area contributed by atoms with Crippen molar-refractivity contribution in [3.05, 3.63) is 66.7 Å². The van der Waals surface area contributed by atoms with Gasteiger partial charge in [0.15, 0.2) is 0 Å². The Bertz CT molecular complexity index is 576. The summed E-state index contributed by atoms with van der Waals surface area (Å²) in [4.78, 5) is 11.6. The standard InChI is InChI=1S/C16H14O2.Sb/c1-12(2)16(17)18-15-11-7-6-10-14(15)13-8-4-3-5-9-13;/h3-11H,1H2,2H3;. The summed E-state index contributed by atoms with van der Waals surface area (Å²) in [6.07, 6.45) is 0. The maximum Gasteiger partial charge on any atom is 0.338 e. The summed E-state index contributed by atoms with van der Waals surface area (Å²) < 4.78 is 5.32. The largest absolute Gasteiger partial charge is 0.423 e. The molecule has 0 aliphatic carbocycles. The zero-order valence-electron chi connectivity index (χ0n) is 10.7. The van der Waals surface area contributed by atoms with Crippen LogP contribution in [-0.2, 0) is 4.79 Å². The van der Waals surface area contributed by atoms with Gasteiger partial charge in [-0.3, -0.25) is 0 Å². The molecule has 0 amide bonds. The van der Waals surface area contributed by atoms with E-state index in [4.69, 9.17) is 4.74 Å². The first-order chi connectivity index (χ1) is 8.68. The predicted molar refractivity (Wildman–Crippen MR) is 78.1 cm³/mol. The van der Waals surface area contributed by atoms with Gasteiger partial charge in [-0.15, -0.1) is 0 Å². The van der Waals surface area contributed by atoms with Crippen LogP contribution in [0.3, 0.4) is 0 Å². The van der Waals surface area contributed by atoms with Crippen molar-refractivity contribution < 1.29 is 9.53 Å². The Labute approximate surface area is 130 Å². The van der Waals surface area contributed by atoms with Crippen molar-refractivity contribution in [2.24, 2.45) is 0 Å². The van der Waals surface area contributed by atoms with Crippen LogP contribution in [-0.4, -0.2) is 30.4 Å². The average molecular weight is 360 g/mol. The number of carbonyl (C=O) groups excluding carboxylic acids is 1. The first-order valence-corrected chi connectivity index (χ1v) is 5.70. The van der Waals surface area contributed by atoms with Gasteiger partial charge in [-0.1, -0.05) is 55.1 Å². The zero-order valence-corrected chi connectivity index (χ0v) is 13.2. The van der Waals surface area contributed by atoms with Gasteiger partial charge >= 0.3 is 5.97 Å². The predicted octanol–water partition coefficient (Wildman–Crippen LogP) is 3.45. The molecule has 0 aliphatic heterocycles. The summed E-state index contributed by atoms with van der Waals surface area (Å²) in [5.41, 5.74) is 2.30. The van der Waals surface area contributed by atoms with Gasteiger partial charge in [0.05, 0.1) is 0 Å². The van der Waals surface area contributed by atoms with Crippen LogP contribution >= 0.6 is 0 Å². The Morgan fingerprint density at radius 2 is 1.58 bits per heavy atom. The minimum atomic E-state index is -0.404. The summed E-state index contributed by atoms with van der Waals surface area (Å²) in [5.74, 6) is 0.148. The van der Waals surface area contributed by atoms with Gasteiger partial charge in [0.25, 0.3) is 0 Å². The molecule has 3 radical (unpaired) electrons. The maximum absolute atomic E-state index is 11.6. The fraction of sp³-hybridized carbons (Fsp3) is 0.0625. The summed E-state index contributed by atoms with van der Waals surface area (Å²) in [7, 11) is 0. The molecule has 2 nitrogen and oxygen atoms in total. The quantitative estimate of drug-likeness (QED) is 0.363. The molecule has 19 heavy (non-hydrogen) atoms. The second kappa shape index (κ2) is 7.15. The van der Waals surface area contributed by atoms with E-state index in [0.29, 0.717) is 11.3 Å². The fourth-order valence-corrected chi connectivity index (χ4v) is 1.60.